The molecule has 3 N–H and O–H groups in total. The van der Waals surface area contributed by atoms with Crippen LogP contribution < -0.4 is 11.1 Å². The summed E-state index contributed by atoms with van der Waals surface area (Å²) in [5.41, 5.74) is 7.59. The normalized spacial score (nSPS) is 12.1. The van der Waals surface area contributed by atoms with E-state index in [-0.39, 0.29) is 24.5 Å². The Labute approximate surface area is 177 Å². The number of anilines is 1. The maximum Gasteiger partial charge on any atom is 0.323 e. The number of ketones is 1. The van der Waals surface area contributed by atoms with E-state index in [0.717, 1.165) is 5.56 Å². The van der Waals surface area contributed by atoms with E-state index in [9.17, 15) is 14.4 Å². The van der Waals surface area contributed by atoms with Crippen LogP contribution in [0.2, 0.25) is 0 Å². The van der Waals surface area contributed by atoms with Crippen molar-refractivity contribution < 1.29 is 19.1 Å². The standard InChI is InChI=1S/C24H30N2O4/c1-24(2,3)30-23(29)20(25)14-16-22(28)26-19-12-9-17(10-13-19)11-15-21(27)18-7-5-4-6-8-18/h4-10,12-13,20H,11,14-16,25H2,1-3H3,(H,26,28). The zero-order valence-corrected chi connectivity index (χ0v) is 17.8. The SMILES string of the molecule is CC(C)(C)OC(=O)C(N)CCC(=O)Nc1ccc(CCC(=O)c2ccccc2)cc1. The molecule has 2 rings (SSSR count). The van der Waals surface area contributed by atoms with Crippen molar-refractivity contribution in [1.82, 2.24) is 0 Å². The third-order valence-electron chi connectivity index (χ3n) is 4.37. The summed E-state index contributed by atoms with van der Waals surface area (Å²) < 4.78 is 5.21. The molecule has 2 aromatic carbocycles. The third kappa shape index (κ3) is 8.17. The van der Waals surface area contributed by atoms with E-state index in [0.29, 0.717) is 24.1 Å². The van der Waals surface area contributed by atoms with Crippen LogP contribution in [0, 0.1) is 0 Å². The summed E-state index contributed by atoms with van der Waals surface area (Å²) >= 11 is 0. The number of rotatable bonds is 9. The highest BCUT2D eigenvalue weighted by Gasteiger charge is 2.22. The molecule has 2 aromatic rings. The van der Waals surface area contributed by atoms with Gasteiger partial charge >= 0.3 is 5.97 Å². The van der Waals surface area contributed by atoms with E-state index < -0.39 is 17.6 Å². The van der Waals surface area contributed by atoms with Gasteiger partial charge < -0.3 is 15.8 Å². The number of carbonyl (C=O) groups excluding carboxylic acids is 3. The molecule has 6 nitrogen and oxygen atoms in total. The van der Waals surface area contributed by atoms with Crippen LogP contribution in [0.15, 0.2) is 54.6 Å². The van der Waals surface area contributed by atoms with Crippen molar-refractivity contribution in [2.75, 3.05) is 5.32 Å². The fraction of sp³-hybridized carbons (Fsp3) is 0.375. The van der Waals surface area contributed by atoms with E-state index in [1.54, 1.807) is 32.9 Å². The highest BCUT2D eigenvalue weighted by Crippen LogP contribution is 2.14. The molecule has 0 saturated heterocycles. The predicted octanol–water partition coefficient (Wildman–Crippen LogP) is 3.89. The van der Waals surface area contributed by atoms with Crippen molar-refractivity contribution in [2.45, 2.75) is 58.1 Å². The Hall–Kier alpha value is -2.99. The Bertz CT molecular complexity index is 855. The second-order valence-corrected chi connectivity index (χ2v) is 8.21. The average Bonchev–Trinajstić information content (AvgIpc) is 2.70. The minimum absolute atomic E-state index is 0.106. The summed E-state index contributed by atoms with van der Waals surface area (Å²) in [6, 6.07) is 15.8. The van der Waals surface area contributed by atoms with Gasteiger partial charge in [-0.15, -0.1) is 0 Å². The van der Waals surface area contributed by atoms with Gasteiger partial charge in [0.25, 0.3) is 0 Å². The van der Waals surface area contributed by atoms with Crippen molar-refractivity contribution in [1.29, 1.82) is 0 Å². The first-order valence-corrected chi connectivity index (χ1v) is 10.1. The largest absolute Gasteiger partial charge is 0.459 e. The fourth-order valence-electron chi connectivity index (χ4n) is 2.79. The van der Waals surface area contributed by atoms with Crippen LogP contribution in [0.25, 0.3) is 0 Å². The Morgan fingerprint density at radius 2 is 1.60 bits per heavy atom. The summed E-state index contributed by atoms with van der Waals surface area (Å²) in [5, 5.41) is 2.79. The number of benzene rings is 2. The number of hydrogen-bond acceptors (Lipinski definition) is 5. The molecule has 6 heteroatoms. The summed E-state index contributed by atoms with van der Waals surface area (Å²) in [6.45, 7) is 5.31. The molecule has 1 amide bonds. The predicted molar refractivity (Wildman–Crippen MR) is 117 cm³/mol. The Morgan fingerprint density at radius 1 is 0.967 bits per heavy atom. The zero-order valence-electron chi connectivity index (χ0n) is 17.8. The van der Waals surface area contributed by atoms with Crippen LogP contribution in [-0.2, 0) is 20.7 Å². The summed E-state index contributed by atoms with van der Waals surface area (Å²) in [6.07, 6.45) is 1.39. The number of aryl methyl sites for hydroxylation is 1. The first-order valence-electron chi connectivity index (χ1n) is 10.1. The average molecular weight is 411 g/mol. The van der Waals surface area contributed by atoms with Crippen LogP contribution >= 0.6 is 0 Å². The molecule has 0 heterocycles. The molecule has 0 aliphatic rings. The van der Waals surface area contributed by atoms with Gasteiger partial charge in [-0.05, 0) is 51.3 Å². The molecule has 0 aliphatic heterocycles. The molecular weight excluding hydrogens is 380 g/mol. The lowest BCUT2D eigenvalue weighted by Gasteiger charge is -2.22. The smallest absolute Gasteiger partial charge is 0.323 e. The van der Waals surface area contributed by atoms with Gasteiger partial charge in [-0.2, -0.15) is 0 Å². The molecule has 0 aromatic heterocycles. The first-order chi connectivity index (χ1) is 14.1. The molecule has 0 radical (unpaired) electrons. The van der Waals surface area contributed by atoms with Crippen molar-refractivity contribution in [2.24, 2.45) is 5.73 Å². The third-order valence-corrected chi connectivity index (χ3v) is 4.37. The van der Waals surface area contributed by atoms with E-state index >= 15 is 0 Å². The molecule has 0 aliphatic carbocycles. The van der Waals surface area contributed by atoms with Gasteiger partial charge in [0, 0.05) is 24.1 Å². The molecule has 1 unspecified atom stereocenters. The minimum atomic E-state index is -0.834. The molecule has 160 valence electrons. The van der Waals surface area contributed by atoms with Crippen molar-refractivity contribution in [3.05, 3.63) is 65.7 Å². The van der Waals surface area contributed by atoms with Crippen LogP contribution in [0.1, 0.15) is 56.0 Å². The highest BCUT2D eigenvalue weighted by atomic mass is 16.6. The Kier molecular flexibility index (Phi) is 8.30. The van der Waals surface area contributed by atoms with Gasteiger partial charge in [-0.25, -0.2) is 0 Å². The second kappa shape index (κ2) is 10.7. The van der Waals surface area contributed by atoms with Crippen LogP contribution in [-0.4, -0.2) is 29.3 Å². The van der Waals surface area contributed by atoms with E-state index in [1.807, 2.05) is 42.5 Å². The van der Waals surface area contributed by atoms with Gasteiger partial charge in [0.15, 0.2) is 5.78 Å². The summed E-state index contributed by atoms with van der Waals surface area (Å²) in [7, 11) is 0. The summed E-state index contributed by atoms with van der Waals surface area (Å²) in [4.78, 5) is 36.2. The van der Waals surface area contributed by atoms with Crippen LogP contribution in [0.5, 0.6) is 0 Å². The van der Waals surface area contributed by atoms with Gasteiger partial charge in [0.2, 0.25) is 5.91 Å². The lowest BCUT2D eigenvalue weighted by molar-refractivity contribution is -0.156. The maximum atomic E-state index is 12.2. The zero-order chi connectivity index (χ0) is 22.1. The van der Waals surface area contributed by atoms with Crippen molar-refractivity contribution >= 4 is 23.3 Å². The maximum absolute atomic E-state index is 12.2. The number of ether oxygens (including phenoxy) is 1. The van der Waals surface area contributed by atoms with Gasteiger partial charge in [0.05, 0.1) is 0 Å². The van der Waals surface area contributed by atoms with Gasteiger partial charge in [-0.3, -0.25) is 14.4 Å². The number of carbonyl (C=O) groups is 3. The first kappa shape index (κ1) is 23.3. The fourth-order valence-corrected chi connectivity index (χ4v) is 2.79. The number of nitrogens with two attached hydrogens (primary N) is 1. The molecule has 1 atom stereocenters. The Morgan fingerprint density at radius 3 is 2.20 bits per heavy atom. The van der Waals surface area contributed by atoms with Crippen LogP contribution in [0.4, 0.5) is 5.69 Å². The molecule has 0 spiro atoms. The lowest BCUT2D eigenvalue weighted by atomic mass is 10.0. The van der Waals surface area contributed by atoms with Gasteiger partial charge in [0.1, 0.15) is 11.6 Å². The highest BCUT2D eigenvalue weighted by molar-refractivity contribution is 5.96. The Balaban J connectivity index is 1.76. The number of amides is 1. The molecule has 0 bridgehead atoms. The molecule has 0 saturated carbocycles. The topological polar surface area (TPSA) is 98.5 Å². The lowest BCUT2D eigenvalue weighted by Crippen LogP contribution is -2.37. The van der Waals surface area contributed by atoms with Crippen LogP contribution in [0.3, 0.4) is 0 Å². The molecule has 0 fully saturated rings. The molecule has 30 heavy (non-hydrogen) atoms. The minimum Gasteiger partial charge on any atom is -0.459 e. The van der Waals surface area contributed by atoms with E-state index in [4.69, 9.17) is 10.5 Å². The number of esters is 1. The number of nitrogens with one attached hydrogen (secondary N) is 1. The van der Waals surface area contributed by atoms with Crippen molar-refractivity contribution in [3.63, 3.8) is 0 Å². The van der Waals surface area contributed by atoms with Crippen molar-refractivity contribution in [3.8, 4) is 0 Å². The number of Topliss-reactive ketones (excluding diaryl/α,β-unsaturated/α-hetero) is 1. The van der Waals surface area contributed by atoms with E-state index in [1.165, 1.54) is 0 Å². The quantitative estimate of drug-likeness (QED) is 0.483. The monoisotopic (exact) mass is 410 g/mol. The van der Waals surface area contributed by atoms with Gasteiger partial charge in [-0.1, -0.05) is 42.5 Å². The summed E-state index contributed by atoms with van der Waals surface area (Å²) in [5.74, 6) is -0.625. The van der Waals surface area contributed by atoms with E-state index in [2.05, 4.69) is 5.32 Å². The number of hydrogen-bond donors (Lipinski definition) is 2. The molecular formula is C24H30N2O4. The second-order valence-electron chi connectivity index (χ2n) is 8.21.